The van der Waals surface area contributed by atoms with Crippen LogP contribution in [-0.4, -0.2) is 9.97 Å². The number of hydrogen-bond donors (Lipinski definition) is 1. The molecule has 88 valence electrons. The van der Waals surface area contributed by atoms with Crippen molar-refractivity contribution in [3.63, 3.8) is 0 Å². The Bertz CT molecular complexity index is 547. The third-order valence-corrected chi connectivity index (χ3v) is 3.19. The van der Waals surface area contributed by atoms with E-state index in [1.807, 2.05) is 25.3 Å². The van der Waals surface area contributed by atoms with Crippen LogP contribution in [0.2, 0.25) is 0 Å². The van der Waals surface area contributed by atoms with Crippen LogP contribution in [0.4, 0.5) is 0 Å². The van der Waals surface area contributed by atoms with Gasteiger partial charge in [-0.05, 0) is 38.3 Å². The summed E-state index contributed by atoms with van der Waals surface area (Å²) in [5.74, 6) is 2.26. The minimum atomic E-state index is 0.0890. The maximum absolute atomic E-state index is 6.04. The zero-order valence-corrected chi connectivity index (χ0v) is 9.81. The van der Waals surface area contributed by atoms with Gasteiger partial charge in [-0.25, -0.2) is 9.97 Å². The van der Waals surface area contributed by atoms with Gasteiger partial charge in [-0.2, -0.15) is 0 Å². The summed E-state index contributed by atoms with van der Waals surface area (Å²) in [4.78, 5) is 8.90. The van der Waals surface area contributed by atoms with E-state index in [4.69, 9.17) is 10.2 Å². The number of aromatic nitrogens is 2. The zero-order valence-electron chi connectivity index (χ0n) is 9.81. The lowest BCUT2D eigenvalue weighted by Gasteiger charge is -2.20. The molecule has 0 saturated carbocycles. The first kappa shape index (κ1) is 10.5. The first-order valence-corrected chi connectivity index (χ1v) is 5.92. The van der Waals surface area contributed by atoms with Crippen molar-refractivity contribution in [3.8, 4) is 11.6 Å². The smallest absolute Gasteiger partial charge is 0.195 e. The van der Waals surface area contributed by atoms with E-state index in [9.17, 15) is 0 Å². The second kappa shape index (κ2) is 3.96. The maximum Gasteiger partial charge on any atom is 0.195 e. The Hall–Kier alpha value is -1.68. The van der Waals surface area contributed by atoms with Gasteiger partial charge in [-0.1, -0.05) is 0 Å². The van der Waals surface area contributed by atoms with Crippen LogP contribution in [0.1, 0.15) is 35.9 Å². The summed E-state index contributed by atoms with van der Waals surface area (Å²) in [6, 6.07) is 3.91. The Morgan fingerprint density at radius 3 is 3.06 bits per heavy atom. The summed E-state index contributed by atoms with van der Waals surface area (Å²) in [6.45, 7) is 1.91. The molecule has 2 heterocycles. The van der Waals surface area contributed by atoms with Gasteiger partial charge in [0.2, 0.25) is 0 Å². The van der Waals surface area contributed by atoms with Crippen molar-refractivity contribution in [3.05, 3.63) is 35.3 Å². The minimum Gasteiger partial charge on any atom is -0.458 e. The van der Waals surface area contributed by atoms with Crippen molar-refractivity contribution in [1.29, 1.82) is 0 Å². The second-order valence-corrected chi connectivity index (χ2v) is 4.50. The monoisotopic (exact) mass is 229 g/mol. The normalized spacial score (nSPS) is 19.1. The molecular formula is C13H15N3O. The van der Waals surface area contributed by atoms with Gasteiger partial charge in [0.05, 0.1) is 0 Å². The Labute approximate surface area is 99.9 Å². The lowest BCUT2D eigenvalue weighted by atomic mass is 9.93. The van der Waals surface area contributed by atoms with Crippen LogP contribution >= 0.6 is 0 Å². The fourth-order valence-electron chi connectivity index (χ4n) is 2.25. The Morgan fingerprint density at radius 2 is 2.29 bits per heavy atom. The fraction of sp³-hybridized carbons (Fsp3) is 0.385. The van der Waals surface area contributed by atoms with Gasteiger partial charge < -0.3 is 10.2 Å². The van der Waals surface area contributed by atoms with Crippen molar-refractivity contribution in [2.75, 3.05) is 0 Å². The fourth-order valence-corrected chi connectivity index (χ4v) is 2.25. The average Bonchev–Trinajstić information content (AvgIpc) is 2.76. The lowest BCUT2D eigenvalue weighted by Crippen LogP contribution is -2.19. The van der Waals surface area contributed by atoms with Gasteiger partial charge in [0.25, 0.3) is 0 Å². The van der Waals surface area contributed by atoms with Crippen LogP contribution in [0.25, 0.3) is 11.6 Å². The van der Waals surface area contributed by atoms with E-state index < -0.39 is 0 Å². The topological polar surface area (TPSA) is 64.9 Å². The molecule has 3 rings (SSSR count). The average molecular weight is 229 g/mol. The summed E-state index contributed by atoms with van der Waals surface area (Å²) < 4.78 is 5.53. The minimum absolute atomic E-state index is 0.0890. The highest BCUT2D eigenvalue weighted by Crippen LogP contribution is 2.28. The first-order chi connectivity index (χ1) is 8.24. The third-order valence-electron chi connectivity index (χ3n) is 3.19. The first-order valence-electron chi connectivity index (χ1n) is 5.92. The quantitative estimate of drug-likeness (QED) is 0.815. The van der Waals surface area contributed by atoms with Crippen LogP contribution in [0.5, 0.6) is 0 Å². The number of fused-ring (bicyclic) bond motifs is 1. The molecule has 4 heteroatoms. The maximum atomic E-state index is 6.04. The van der Waals surface area contributed by atoms with Gasteiger partial charge in [-0.15, -0.1) is 0 Å². The van der Waals surface area contributed by atoms with E-state index in [2.05, 4.69) is 9.97 Å². The summed E-state index contributed by atoms with van der Waals surface area (Å²) in [6.07, 6.45) is 4.95. The van der Waals surface area contributed by atoms with E-state index in [0.29, 0.717) is 5.82 Å². The van der Waals surface area contributed by atoms with Crippen LogP contribution in [0.3, 0.4) is 0 Å². The molecule has 0 aliphatic heterocycles. The van der Waals surface area contributed by atoms with E-state index >= 15 is 0 Å². The molecule has 1 aliphatic rings. The Kier molecular flexibility index (Phi) is 2.44. The number of aryl methyl sites for hydroxylation is 2. The predicted octanol–water partition coefficient (Wildman–Crippen LogP) is 2.38. The number of furan rings is 1. The highest BCUT2D eigenvalue weighted by Gasteiger charge is 2.19. The van der Waals surface area contributed by atoms with Gasteiger partial charge in [0.15, 0.2) is 11.6 Å². The molecule has 0 spiro atoms. The summed E-state index contributed by atoms with van der Waals surface area (Å²) in [7, 11) is 0. The molecular weight excluding hydrogens is 214 g/mol. The molecule has 2 N–H and O–H groups in total. The van der Waals surface area contributed by atoms with Crippen molar-refractivity contribution < 1.29 is 4.42 Å². The lowest BCUT2D eigenvalue weighted by molar-refractivity contribution is 0.536. The zero-order chi connectivity index (χ0) is 11.8. The molecule has 0 radical (unpaired) electrons. The summed E-state index contributed by atoms with van der Waals surface area (Å²) >= 11 is 0. The van der Waals surface area contributed by atoms with E-state index in [0.717, 1.165) is 42.0 Å². The highest BCUT2D eigenvalue weighted by atomic mass is 16.3. The Morgan fingerprint density at radius 1 is 1.41 bits per heavy atom. The number of nitrogens with two attached hydrogens (primary N) is 1. The van der Waals surface area contributed by atoms with Crippen molar-refractivity contribution >= 4 is 0 Å². The molecule has 1 unspecified atom stereocenters. The van der Waals surface area contributed by atoms with Gasteiger partial charge in [0.1, 0.15) is 5.76 Å². The number of nitrogens with zero attached hydrogens (tertiary/aromatic N) is 2. The summed E-state index contributed by atoms with van der Waals surface area (Å²) in [5.41, 5.74) is 8.19. The SMILES string of the molecule is Cc1ccc(-c2ncc3c(n2)CCCC3N)o1. The summed E-state index contributed by atoms with van der Waals surface area (Å²) in [5, 5.41) is 0. The number of hydrogen-bond acceptors (Lipinski definition) is 4. The van der Waals surface area contributed by atoms with Crippen LogP contribution in [0.15, 0.2) is 22.7 Å². The van der Waals surface area contributed by atoms with E-state index in [1.165, 1.54) is 0 Å². The second-order valence-electron chi connectivity index (χ2n) is 4.50. The van der Waals surface area contributed by atoms with Gasteiger partial charge >= 0.3 is 0 Å². The molecule has 0 saturated heterocycles. The van der Waals surface area contributed by atoms with Crippen LogP contribution in [-0.2, 0) is 6.42 Å². The molecule has 1 aliphatic carbocycles. The van der Waals surface area contributed by atoms with Crippen molar-refractivity contribution in [2.45, 2.75) is 32.2 Å². The van der Waals surface area contributed by atoms with E-state index in [1.54, 1.807) is 0 Å². The molecule has 0 bridgehead atoms. The van der Waals surface area contributed by atoms with E-state index in [-0.39, 0.29) is 6.04 Å². The molecule has 1 atom stereocenters. The third kappa shape index (κ3) is 1.85. The van der Waals surface area contributed by atoms with Crippen molar-refractivity contribution in [1.82, 2.24) is 9.97 Å². The van der Waals surface area contributed by atoms with Crippen LogP contribution in [0, 0.1) is 6.92 Å². The molecule has 0 aromatic carbocycles. The molecule has 0 amide bonds. The largest absolute Gasteiger partial charge is 0.458 e. The van der Waals surface area contributed by atoms with Gasteiger partial charge in [-0.3, -0.25) is 0 Å². The highest BCUT2D eigenvalue weighted by molar-refractivity contribution is 5.48. The predicted molar refractivity (Wildman–Crippen MR) is 64.3 cm³/mol. The Balaban J connectivity index is 2.03. The molecule has 2 aromatic rings. The van der Waals surface area contributed by atoms with Crippen molar-refractivity contribution in [2.24, 2.45) is 5.73 Å². The van der Waals surface area contributed by atoms with Gasteiger partial charge in [0, 0.05) is 23.5 Å². The molecule has 4 nitrogen and oxygen atoms in total. The number of rotatable bonds is 1. The molecule has 17 heavy (non-hydrogen) atoms. The van der Waals surface area contributed by atoms with Crippen LogP contribution < -0.4 is 5.73 Å². The molecule has 2 aromatic heterocycles. The molecule has 0 fully saturated rings. The standard InChI is InChI=1S/C13H15N3O/c1-8-5-6-12(17-8)13-15-7-9-10(14)3-2-4-11(9)16-13/h5-7,10H,2-4,14H2,1H3.